The molecule has 0 fully saturated rings. The Hall–Kier alpha value is -0.700. The van der Waals surface area contributed by atoms with Crippen molar-refractivity contribution < 1.29 is 9.84 Å². The maximum Gasteiger partial charge on any atom is 0.161 e. The van der Waals surface area contributed by atoms with Gasteiger partial charge in [0.2, 0.25) is 0 Å². The Balaban J connectivity index is 3.15. The zero-order valence-corrected chi connectivity index (χ0v) is 11.0. The van der Waals surface area contributed by atoms with Gasteiger partial charge in [0.15, 0.2) is 11.5 Å². The maximum atomic E-state index is 10.0. The van der Waals surface area contributed by atoms with Gasteiger partial charge in [0.1, 0.15) is 0 Å². The fraction of sp³-hybridized carbons (Fsp3) is 0.500. The first-order valence-electron chi connectivity index (χ1n) is 5.04. The van der Waals surface area contributed by atoms with Gasteiger partial charge >= 0.3 is 0 Å². The third kappa shape index (κ3) is 2.65. The fourth-order valence-electron chi connectivity index (χ4n) is 1.41. The summed E-state index contributed by atoms with van der Waals surface area (Å²) in [7, 11) is 0. The largest absolute Gasteiger partial charge is 0.504 e. The second-order valence-electron chi connectivity index (χ2n) is 4.10. The van der Waals surface area contributed by atoms with E-state index in [0.717, 1.165) is 10.9 Å². The molecule has 0 atom stereocenters. The van der Waals surface area contributed by atoms with Crippen LogP contribution in [0.15, 0.2) is 18.2 Å². The van der Waals surface area contributed by atoms with Crippen LogP contribution in [0, 0.1) is 0 Å². The number of rotatable bonds is 4. The maximum absolute atomic E-state index is 10.0. The van der Waals surface area contributed by atoms with Crippen LogP contribution in [0.25, 0.3) is 0 Å². The van der Waals surface area contributed by atoms with Crippen molar-refractivity contribution in [3.63, 3.8) is 0 Å². The van der Waals surface area contributed by atoms with Crippen LogP contribution in [0.5, 0.6) is 11.5 Å². The molecule has 0 aromatic heterocycles. The number of phenolic OH excluding ortho intramolecular Hbond substituents is 1. The number of alkyl halides is 1. The Labute approximate surface area is 99.4 Å². The summed E-state index contributed by atoms with van der Waals surface area (Å²) in [6.07, 6.45) is 0. The van der Waals surface area contributed by atoms with Crippen LogP contribution in [0.4, 0.5) is 0 Å². The summed E-state index contributed by atoms with van der Waals surface area (Å²) < 4.78 is 5.35. The topological polar surface area (TPSA) is 29.5 Å². The van der Waals surface area contributed by atoms with Crippen molar-refractivity contribution in [3.05, 3.63) is 23.8 Å². The fourth-order valence-corrected chi connectivity index (χ4v) is 1.71. The van der Waals surface area contributed by atoms with Crippen LogP contribution in [0.3, 0.4) is 0 Å². The molecule has 0 aliphatic carbocycles. The van der Waals surface area contributed by atoms with Gasteiger partial charge in [-0.1, -0.05) is 41.9 Å². The summed E-state index contributed by atoms with van der Waals surface area (Å²) in [6, 6.07) is 5.62. The molecule has 0 spiro atoms. The second kappa shape index (κ2) is 4.88. The van der Waals surface area contributed by atoms with E-state index in [4.69, 9.17) is 4.74 Å². The van der Waals surface area contributed by atoms with E-state index in [2.05, 4.69) is 29.8 Å². The van der Waals surface area contributed by atoms with E-state index in [9.17, 15) is 5.11 Å². The molecule has 15 heavy (non-hydrogen) atoms. The second-order valence-corrected chi connectivity index (χ2v) is 4.66. The van der Waals surface area contributed by atoms with E-state index in [1.165, 1.54) is 0 Å². The Bertz CT molecular complexity index is 334. The van der Waals surface area contributed by atoms with Crippen molar-refractivity contribution in [1.29, 1.82) is 0 Å². The van der Waals surface area contributed by atoms with E-state index in [0.29, 0.717) is 12.4 Å². The van der Waals surface area contributed by atoms with Crippen molar-refractivity contribution in [2.75, 3.05) is 11.9 Å². The standard InChI is InChI=1S/C12H17BrO2/c1-4-15-10-7-5-6-9(11(10)14)12(2,3)8-13/h5-7,14H,4,8H2,1-3H3. The lowest BCUT2D eigenvalue weighted by atomic mass is 9.86. The molecule has 0 amide bonds. The normalized spacial score (nSPS) is 11.5. The van der Waals surface area contributed by atoms with Crippen LogP contribution >= 0.6 is 15.9 Å². The number of hydrogen-bond acceptors (Lipinski definition) is 2. The molecule has 84 valence electrons. The van der Waals surface area contributed by atoms with Gasteiger partial charge in [-0.3, -0.25) is 0 Å². The number of ether oxygens (including phenoxy) is 1. The van der Waals surface area contributed by atoms with Crippen molar-refractivity contribution in [2.45, 2.75) is 26.2 Å². The summed E-state index contributed by atoms with van der Waals surface area (Å²) in [5.41, 5.74) is 0.808. The number of halogens is 1. The molecular weight excluding hydrogens is 256 g/mol. The first-order valence-corrected chi connectivity index (χ1v) is 6.16. The molecule has 1 aromatic rings. The quantitative estimate of drug-likeness (QED) is 0.851. The van der Waals surface area contributed by atoms with E-state index in [1.54, 1.807) is 6.07 Å². The van der Waals surface area contributed by atoms with Gasteiger partial charge in [0.05, 0.1) is 6.61 Å². The summed E-state index contributed by atoms with van der Waals surface area (Å²) in [6.45, 7) is 6.62. The lowest BCUT2D eigenvalue weighted by molar-refractivity contribution is 0.314. The first kappa shape index (κ1) is 12.4. The average molecular weight is 273 g/mol. The van der Waals surface area contributed by atoms with Gasteiger partial charge in [-0.25, -0.2) is 0 Å². The predicted octanol–water partition coefficient (Wildman–Crippen LogP) is 3.46. The molecule has 3 heteroatoms. The number of para-hydroxylation sites is 1. The lowest BCUT2D eigenvalue weighted by Crippen LogP contribution is -2.19. The molecule has 0 bridgehead atoms. The molecule has 1 rings (SSSR count). The highest BCUT2D eigenvalue weighted by atomic mass is 79.9. The Kier molecular flexibility index (Phi) is 4.03. The van der Waals surface area contributed by atoms with Crippen LogP contribution in [0.2, 0.25) is 0 Å². The minimum absolute atomic E-state index is 0.100. The molecular formula is C12H17BrO2. The Morgan fingerprint density at radius 3 is 2.60 bits per heavy atom. The smallest absolute Gasteiger partial charge is 0.161 e. The monoisotopic (exact) mass is 272 g/mol. The first-order chi connectivity index (χ1) is 7.03. The Morgan fingerprint density at radius 1 is 1.40 bits per heavy atom. The van der Waals surface area contributed by atoms with E-state index >= 15 is 0 Å². The lowest BCUT2D eigenvalue weighted by Gasteiger charge is -2.24. The van der Waals surface area contributed by atoms with Crippen molar-refractivity contribution in [1.82, 2.24) is 0 Å². The molecule has 0 aliphatic rings. The molecule has 0 aliphatic heterocycles. The van der Waals surface area contributed by atoms with Gasteiger partial charge in [-0.2, -0.15) is 0 Å². The number of benzene rings is 1. The van der Waals surface area contributed by atoms with Gasteiger partial charge in [0, 0.05) is 16.3 Å². The molecule has 0 saturated carbocycles. The minimum Gasteiger partial charge on any atom is -0.504 e. The highest BCUT2D eigenvalue weighted by Gasteiger charge is 2.24. The zero-order chi connectivity index (χ0) is 11.5. The van der Waals surface area contributed by atoms with Gasteiger partial charge in [-0.05, 0) is 13.0 Å². The SMILES string of the molecule is CCOc1cccc(C(C)(C)CBr)c1O. The van der Waals surface area contributed by atoms with Crippen LogP contribution in [-0.2, 0) is 5.41 Å². The third-order valence-corrected chi connectivity index (χ3v) is 3.76. The summed E-state index contributed by atoms with van der Waals surface area (Å²) in [5.74, 6) is 0.813. The Morgan fingerprint density at radius 2 is 2.07 bits per heavy atom. The van der Waals surface area contributed by atoms with Crippen molar-refractivity contribution >= 4 is 15.9 Å². The summed E-state index contributed by atoms with van der Waals surface area (Å²) >= 11 is 3.45. The molecule has 0 unspecified atom stereocenters. The van der Waals surface area contributed by atoms with E-state index in [1.807, 2.05) is 19.1 Å². The number of aromatic hydroxyl groups is 1. The van der Waals surface area contributed by atoms with Gasteiger partial charge in [0.25, 0.3) is 0 Å². The summed E-state index contributed by atoms with van der Waals surface area (Å²) in [4.78, 5) is 0. The molecule has 0 saturated heterocycles. The number of hydrogen-bond donors (Lipinski definition) is 1. The number of phenols is 1. The molecule has 1 N–H and O–H groups in total. The molecule has 0 radical (unpaired) electrons. The molecule has 1 aromatic carbocycles. The predicted molar refractivity (Wildman–Crippen MR) is 66.1 cm³/mol. The molecule has 2 nitrogen and oxygen atoms in total. The molecule has 0 heterocycles. The van der Waals surface area contributed by atoms with Crippen LogP contribution < -0.4 is 4.74 Å². The van der Waals surface area contributed by atoms with Crippen molar-refractivity contribution in [2.24, 2.45) is 0 Å². The third-order valence-electron chi connectivity index (χ3n) is 2.36. The van der Waals surface area contributed by atoms with Gasteiger partial charge in [-0.15, -0.1) is 0 Å². The highest BCUT2D eigenvalue weighted by Crippen LogP contribution is 2.38. The summed E-state index contributed by atoms with van der Waals surface area (Å²) in [5, 5.41) is 10.8. The van der Waals surface area contributed by atoms with Crippen LogP contribution in [0.1, 0.15) is 26.3 Å². The van der Waals surface area contributed by atoms with E-state index < -0.39 is 0 Å². The zero-order valence-electron chi connectivity index (χ0n) is 9.38. The van der Waals surface area contributed by atoms with Gasteiger partial charge < -0.3 is 9.84 Å². The van der Waals surface area contributed by atoms with Crippen LogP contribution in [-0.4, -0.2) is 17.0 Å². The van der Waals surface area contributed by atoms with Crippen molar-refractivity contribution in [3.8, 4) is 11.5 Å². The minimum atomic E-state index is -0.100. The average Bonchev–Trinajstić information content (AvgIpc) is 2.21. The van der Waals surface area contributed by atoms with E-state index in [-0.39, 0.29) is 11.2 Å². The highest BCUT2D eigenvalue weighted by molar-refractivity contribution is 9.09.